The minimum atomic E-state index is -0.263. The Bertz CT molecular complexity index is 436. The molecule has 1 aliphatic rings. The Balaban J connectivity index is 2.33. The van der Waals surface area contributed by atoms with Crippen molar-refractivity contribution in [3.63, 3.8) is 0 Å². The zero-order valence-electron chi connectivity index (χ0n) is 13.7. The summed E-state index contributed by atoms with van der Waals surface area (Å²) in [7, 11) is 0. The third kappa shape index (κ3) is 3.94. The first-order valence-electron chi connectivity index (χ1n) is 8.50. The van der Waals surface area contributed by atoms with E-state index in [1.54, 1.807) is 0 Å². The standard InChI is InChI=1S/C17H29N3O/c1-4-12-18-15-13-14(5-2)19-16(20-15)17(21-6-3)10-8-7-9-11-17/h13H,4-12H2,1-3H3,(H,18,19,20). The summed E-state index contributed by atoms with van der Waals surface area (Å²) in [6, 6.07) is 2.07. The summed E-state index contributed by atoms with van der Waals surface area (Å²) >= 11 is 0. The molecule has 1 N–H and O–H groups in total. The van der Waals surface area contributed by atoms with Crippen molar-refractivity contribution in [3.05, 3.63) is 17.6 Å². The van der Waals surface area contributed by atoms with Gasteiger partial charge in [0.1, 0.15) is 11.4 Å². The molecule has 1 saturated carbocycles. The number of ether oxygens (including phenoxy) is 1. The van der Waals surface area contributed by atoms with Gasteiger partial charge in [0.15, 0.2) is 5.82 Å². The number of anilines is 1. The molecule has 0 atom stereocenters. The Morgan fingerprint density at radius 2 is 1.90 bits per heavy atom. The van der Waals surface area contributed by atoms with E-state index in [-0.39, 0.29) is 5.60 Å². The molecule has 0 bridgehead atoms. The highest BCUT2D eigenvalue weighted by atomic mass is 16.5. The third-order valence-electron chi connectivity index (χ3n) is 4.19. The lowest BCUT2D eigenvalue weighted by Crippen LogP contribution is -2.35. The van der Waals surface area contributed by atoms with E-state index in [0.29, 0.717) is 0 Å². The first kappa shape index (κ1) is 16.2. The average molecular weight is 291 g/mol. The predicted molar refractivity (Wildman–Crippen MR) is 86.6 cm³/mol. The van der Waals surface area contributed by atoms with Crippen molar-refractivity contribution in [2.45, 2.75) is 71.3 Å². The topological polar surface area (TPSA) is 47.0 Å². The largest absolute Gasteiger partial charge is 0.370 e. The van der Waals surface area contributed by atoms with E-state index >= 15 is 0 Å². The molecule has 1 aromatic rings. The van der Waals surface area contributed by atoms with Crippen molar-refractivity contribution < 1.29 is 4.74 Å². The minimum absolute atomic E-state index is 0.263. The fraction of sp³-hybridized carbons (Fsp3) is 0.765. The molecule has 1 fully saturated rings. The van der Waals surface area contributed by atoms with Crippen LogP contribution in [0.5, 0.6) is 0 Å². The Morgan fingerprint density at radius 1 is 1.14 bits per heavy atom. The number of hydrogen-bond acceptors (Lipinski definition) is 4. The van der Waals surface area contributed by atoms with Gasteiger partial charge in [-0.25, -0.2) is 9.97 Å². The average Bonchev–Trinajstić information content (AvgIpc) is 2.53. The number of aryl methyl sites for hydroxylation is 1. The van der Waals surface area contributed by atoms with Crippen molar-refractivity contribution in [2.24, 2.45) is 0 Å². The first-order valence-corrected chi connectivity index (χ1v) is 8.50. The van der Waals surface area contributed by atoms with Gasteiger partial charge in [-0.15, -0.1) is 0 Å². The van der Waals surface area contributed by atoms with Gasteiger partial charge in [-0.05, 0) is 32.6 Å². The summed E-state index contributed by atoms with van der Waals surface area (Å²) in [5.74, 6) is 1.84. The molecule has 21 heavy (non-hydrogen) atoms. The molecule has 0 saturated heterocycles. The van der Waals surface area contributed by atoms with Crippen LogP contribution in [0.4, 0.5) is 5.82 Å². The fourth-order valence-electron chi connectivity index (χ4n) is 3.06. The highest BCUT2D eigenvalue weighted by Crippen LogP contribution is 2.39. The van der Waals surface area contributed by atoms with Gasteiger partial charge in [-0.1, -0.05) is 33.1 Å². The van der Waals surface area contributed by atoms with Gasteiger partial charge < -0.3 is 10.1 Å². The summed E-state index contributed by atoms with van der Waals surface area (Å²) in [5, 5.41) is 3.40. The molecule has 0 radical (unpaired) electrons. The highest BCUT2D eigenvalue weighted by Gasteiger charge is 2.37. The molecule has 0 aromatic carbocycles. The Morgan fingerprint density at radius 3 is 2.52 bits per heavy atom. The highest BCUT2D eigenvalue weighted by molar-refractivity contribution is 5.37. The molecule has 4 nitrogen and oxygen atoms in total. The molecule has 2 rings (SSSR count). The summed E-state index contributed by atoms with van der Waals surface area (Å²) in [6.45, 7) is 8.04. The molecule has 0 amide bonds. The maximum absolute atomic E-state index is 6.16. The number of aromatic nitrogens is 2. The summed E-state index contributed by atoms with van der Waals surface area (Å²) in [5.41, 5.74) is 0.837. The summed E-state index contributed by atoms with van der Waals surface area (Å²) in [6.07, 6.45) is 7.82. The molecule has 0 unspecified atom stereocenters. The quantitative estimate of drug-likeness (QED) is 0.823. The molecule has 0 aliphatic heterocycles. The van der Waals surface area contributed by atoms with Crippen molar-refractivity contribution in [2.75, 3.05) is 18.5 Å². The van der Waals surface area contributed by atoms with Gasteiger partial charge in [0.25, 0.3) is 0 Å². The SMILES string of the molecule is CCCNc1cc(CC)nc(C2(OCC)CCCCC2)n1. The molecular formula is C17H29N3O. The third-order valence-corrected chi connectivity index (χ3v) is 4.19. The minimum Gasteiger partial charge on any atom is -0.370 e. The van der Waals surface area contributed by atoms with Crippen LogP contribution in [-0.4, -0.2) is 23.1 Å². The number of nitrogens with zero attached hydrogens (tertiary/aromatic N) is 2. The van der Waals surface area contributed by atoms with Gasteiger partial charge in [0.05, 0.1) is 0 Å². The van der Waals surface area contributed by atoms with Crippen LogP contribution in [0.1, 0.15) is 70.8 Å². The lowest BCUT2D eigenvalue weighted by atomic mass is 9.83. The summed E-state index contributed by atoms with van der Waals surface area (Å²) < 4.78 is 6.16. The first-order chi connectivity index (χ1) is 10.2. The molecular weight excluding hydrogens is 262 g/mol. The normalized spacial score (nSPS) is 17.7. The van der Waals surface area contributed by atoms with Crippen LogP contribution >= 0.6 is 0 Å². The van der Waals surface area contributed by atoms with Crippen LogP contribution in [0.15, 0.2) is 6.07 Å². The second-order valence-electron chi connectivity index (χ2n) is 5.84. The van der Waals surface area contributed by atoms with E-state index in [1.807, 2.05) is 0 Å². The van der Waals surface area contributed by atoms with Crippen LogP contribution in [0.3, 0.4) is 0 Å². The van der Waals surface area contributed by atoms with Crippen LogP contribution in [0, 0.1) is 0 Å². The number of nitrogens with one attached hydrogen (secondary N) is 1. The van der Waals surface area contributed by atoms with E-state index in [2.05, 4.69) is 32.2 Å². The molecule has 1 aliphatic carbocycles. The van der Waals surface area contributed by atoms with Crippen LogP contribution in [0.2, 0.25) is 0 Å². The second kappa shape index (κ2) is 7.74. The van der Waals surface area contributed by atoms with E-state index in [1.165, 1.54) is 19.3 Å². The molecule has 1 aromatic heterocycles. The van der Waals surface area contributed by atoms with E-state index in [0.717, 1.165) is 56.2 Å². The van der Waals surface area contributed by atoms with Gasteiger partial charge in [0.2, 0.25) is 0 Å². The zero-order chi connectivity index (χ0) is 15.1. The van der Waals surface area contributed by atoms with Crippen molar-refractivity contribution in [3.8, 4) is 0 Å². The number of hydrogen-bond donors (Lipinski definition) is 1. The molecule has 0 spiro atoms. The van der Waals surface area contributed by atoms with Crippen LogP contribution < -0.4 is 5.32 Å². The van der Waals surface area contributed by atoms with Crippen molar-refractivity contribution in [1.29, 1.82) is 0 Å². The van der Waals surface area contributed by atoms with Crippen LogP contribution in [-0.2, 0) is 16.8 Å². The fourth-order valence-corrected chi connectivity index (χ4v) is 3.06. The van der Waals surface area contributed by atoms with Crippen LogP contribution in [0.25, 0.3) is 0 Å². The van der Waals surface area contributed by atoms with E-state index in [9.17, 15) is 0 Å². The molecule has 118 valence electrons. The van der Waals surface area contributed by atoms with Crippen molar-refractivity contribution >= 4 is 5.82 Å². The lowest BCUT2D eigenvalue weighted by molar-refractivity contribution is -0.0767. The Kier molecular flexibility index (Phi) is 5.97. The maximum Gasteiger partial charge on any atom is 0.162 e. The Hall–Kier alpha value is -1.16. The smallest absolute Gasteiger partial charge is 0.162 e. The zero-order valence-corrected chi connectivity index (χ0v) is 13.7. The van der Waals surface area contributed by atoms with Gasteiger partial charge >= 0.3 is 0 Å². The van der Waals surface area contributed by atoms with Gasteiger partial charge in [0, 0.05) is 24.9 Å². The second-order valence-corrected chi connectivity index (χ2v) is 5.84. The van der Waals surface area contributed by atoms with E-state index in [4.69, 9.17) is 14.7 Å². The summed E-state index contributed by atoms with van der Waals surface area (Å²) in [4.78, 5) is 9.58. The molecule has 4 heteroatoms. The van der Waals surface area contributed by atoms with Gasteiger partial charge in [-0.3, -0.25) is 0 Å². The monoisotopic (exact) mass is 291 g/mol. The van der Waals surface area contributed by atoms with E-state index < -0.39 is 0 Å². The van der Waals surface area contributed by atoms with Gasteiger partial charge in [-0.2, -0.15) is 0 Å². The number of rotatable bonds is 7. The lowest BCUT2D eigenvalue weighted by Gasteiger charge is -2.35. The predicted octanol–water partition coefficient (Wildman–Crippen LogP) is 4.06. The Labute approximate surface area is 128 Å². The molecule has 1 heterocycles. The maximum atomic E-state index is 6.16. The van der Waals surface area contributed by atoms with Crippen molar-refractivity contribution in [1.82, 2.24) is 9.97 Å².